The van der Waals surface area contributed by atoms with Crippen molar-refractivity contribution in [3.05, 3.63) is 0 Å². The van der Waals surface area contributed by atoms with Gasteiger partial charge in [0, 0.05) is 24.1 Å². The van der Waals surface area contributed by atoms with Gasteiger partial charge in [0.15, 0.2) is 0 Å². The van der Waals surface area contributed by atoms with Crippen molar-refractivity contribution in [2.24, 2.45) is 5.92 Å². The van der Waals surface area contributed by atoms with E-state index in [0.29, 0.717) is 6.04 Å². The lowest BCUT2D eigenvalue weighted by Crippen LogP contribution is -2.38. The minimum Gasteiger partial charge on any atom is -0.236 e. The summed E-state index contributed by atoms with van der Waals surface area (Å²) < 4.78 is 0. The largest absolute Gasteiger partial charge is 0.236 e. The minimum absolute atomic E-state index is 0.715. The number of thioether (sulfide) groups is 1. The van der Waals surface area contributed by atoms with Crippen LogP contribution in [0, 0.1) is 5.92 Å². The van der Waals surface area contributed by atoms with Crippen LogP contribution in [0.5, 0.6) is 0 Å². The van der Waals surface area contributed by atoms with Gasteiger partial charge in [-0.3, -0.25) is 0 Å². The summed E-state index contributed by atoms with van der Waals surface area (Å²) >= 11 is 2.11. The van der Waals surface area contributed by atoms with Crippen molar-refractivity contribution in [1.29, 1.82) is 0 Å². The van der Waals surface area contributed by atoms with Crippen LogP contribution in [0.3, 0.4) is 0 Å². The third kappa shape index (κ3) is 3.16. The predicted octanol–water partition coefficient (Wildman–Crippen LogP) is 3.07. The Labute approximate surface area is 92.4 Å². The van der Waals surface area contributed by atoms with Gasteiger partial charge in [-0.25, -0.2) is 5.32 Å². The molecule has 1 heterocycles. The molecule has 1 atom stereocenters. The average Bonchev–Trinajstić information content (AvgIpc) is 2.18. The minimum atomic E-state index is 0.715. The number of hydrogen-bond acceptors (Lipinski definition) is 1. The van der Waals surface area contributed by atoms with Crippen LogP contribution in [0.25, 0.3) is 0 Å². The predicted molar refractivity (Wildman–Crippen MR) is 63.9 cm³/mol. The van der Waals surface area contributed by atoms with Crippen molar-refractivity contribution in [2.75, 3.05) is 18.1 Å². The zero-order valence-electron chi connectivity index (χ0n) is 9.08. The Morgan fingerprint density at radius 3 is 2.29 bits per heavy atom. The lowest BCUT2D eigenvalue weighted by Gasteiger charge is -2.30. The summed E-state index contributed by atoms with van der Waals surface area (Å²) in [6.07, 6.45) is 10.2. The van der Waals surface area contributed by atoms with E-state index in [2.05, 4.69) is 11.8 Å². The van der Waals surface area contributed by atoms with E-state index in [-0.39, 0.29) is 0 Å². The van der Waals surface area contributed by atoms with Gasteiger partial charge in [0.25, 0.3) is 0 Å². The van der Waals surface area contributed by atoms with Gasteiger partial charge in [-0.05, 0) is 18.8 Å². The summed E-state index contributed by atoms with van der Waals surface area (Å²) in [5, 5.41) is 4.80. The molecule has 2 fully saturated rings. The zero-order valence-corrected chi connectivity index (χ0v) is 9.90. The summed E-state index contributed by atoms with van der Waals surface area (Å²) in [4.78, 5) is 0. The van der Waals surface area contributed by atoms with E-state index in [4.69, 9.17) is 5.32 Å². The molecular weight excluding hydrogens is 190 g/mol. The van der Waals surface area contributed by atoms with Gasteiger partial charge >= 0.3 is 0 Å². The number of hydrogen-bond donors (Lipinski definition) is 0. The maximum Gasteiger partial charge on any atom is 0.0365 e. The van der Waals surface area contributed by atoms with Crippen LogP contribution in [0.4, 0.5) is 0 Å². The molecule has 1 aliphatic carbocycles. The summed E-state index contributed by atoms with van der Waals surface area (Å²) in [7, 11) is 0. The molecule has 0 N–H and O–H groups in total. The molecule has 0 spiro atoms. The highest BCUT2D eigenvalue weighted by Gasteiger charge is 2.24. The van der Waals surface area contributed by atoms with Crippen molar-refractivity contribution in [3.63, 3.8) is 0 Å². The molecule has 0 aromatic rings. The van der Waals surface area contributed by atoms with Gasteiger partial charge in [0.05, 0.1) is 0 Å². The molecule has 2 heteroatoms. The smallest absolute Gasteiger partial charge is 0.0365 e. The Morgan fingerprint density at radius 2 is 1.64 bits per heavy atom. The molecule has 1 saturated carbocycles. The maximum absolute atomic E-state index is 4.80. The highest BCUT2D eigenvalue weighted by atomic mass is 32.2. The molecule has 1 unspecified atom stereocenters. The second-order valence-corrected chi connectivity index (χ2v) is 5.80. The molecule has 2 rings (SSSR count). The van der Waals surface area contributed by atoms with Crippen molar-refractivity contribution in [2.45, 2.75) is 51.0 Å². The molecule has 1 nitrogen and oxygen atoms in total. The fourth-order valence-corrected chi connectivity index (χ4v) is 3.72. The highest BCUT2D eigenvalue weighted by Crippen LogP contribution is 2.28. The zero-order chi connectivity index (χ0) is 9.64. The molecule has 0 aromatic heterocycles. The molecule has 2 aliphatic rings. The van der Waals surface area contributed by atoms with Crippen LogP contribution in [-0.2, 0) is 0 Å². The fourth-order valence-electron chi connectivity index (χ4n) is 2.70. The second kappa shape index (κ2) is 6.02. The standard InChI is InChI=1S/C12H22NS/c1-2-4-6-11(7-5-3-1)12-10-14-9-8-13-12/h11-12H,1-10H2. The molecule has 0 aromatic carbocycles. The normalized spacial score (nSPS) is 32.1. The van der Waals surface area contributed by atoms with E-state index in [1.54, 1.807) is 0 Å². The molecule has 1 saturated heterocycles. The Hall–Kier alpha value is 0.310. The Bertz CT molecular complexity index is 146. The van der Waals surface area contributed by atoms with Gasteiger partial charge in [-0.2, -0.15) is 11.8 Å². The van der Waals surface area contributed by atoms with E-state index in [0.717, 1.165) is 12.5 Å². The van der Waals surface area contributed by atoms with Crippen LogP contribution in [0.15, 0.2) is 0 Å². The molecule has 81 valence electrons. The number of rotatable bonds is 1. The van der Waals surface area contributed by atoms with Crippen molar-refractivity contribution in [1.82, 2.24) is 5.32 Å². The van der Waals surface area contributed by atoms with Crippen LogP contribution < -0.4 is 5.32 Å². The first kappa shape index (κ1) is 10.8. The van der Waals surface area contributed by atoms with E-state index in [9.17, 15) is 0 Å². The van der Waals surface area contributed by atoms with E-state index >= 15 is 0 Å². The van der Waals surface area contributed by atoms with Gasteiger partial charge in [-0.1, -0.05) is 32.1 Å². The summed E-state index contributed by atoms with van der Waals surface area (Å²) in [6, 6.07) is 0.715. The van der Waals surface area contributed by atoms with Gasteiger partial charge < -0.3 is 0 Å². The molecule has 1 radical (unpaired) electrons. The highest BCUT2D eigenvalue weighted by molar-refractivity contribution is 7.99. The Balaban J connectivity index is 1.80. The molecule has 14 heavy (non-hydrogen) atoms. The van der Waals surface area contributed by atoms with E-state index in [1.807, 2.05) is 0 Å². The first-order valence-electron chi connectivity index (χ1n) is 6.21. The van der Waals surface area contributed by atoms with Crippen molar-refractivity contribution >= 4 is 11.8 Å². The monoisotopic (exact) mass is 212 g/mol. The second-order valence-electron chi connectivity index (χ2n) is 4.65. The average molecular weight is 212 g/mol. The lowest BCUT2D eigenvalue weighted by atomic mass is 9.86. The Kier molecular flexibility index (Phi) is 4.65. The molecule has 0 bridgehead atoms. The van der Waals surface area contributed by atoms with Crippen molar-refractivity contribution in [3.8, 4) is 0 Å². The summed E-state index contributed by atoms with van der Waals surface area (Å²) in [5.41, 5.74) is 0. The summed E-state index contributed by atoms with van der Waals surface area (Å²) in [6.45, 7) is 1.12. The van der Waals surface area contributed by atoms with Crippen LogP contribution >= 0.6 is 11.8 Å². The first-order chi connectivity index (χ1) is 6.97. The van der Waals surface area contributed by atoms with E-state index < -0.39 is 0 Å². The van der Waals surface area contributed by atoms with Crippen LogP contribution in [0.2, 0.25) is 0 Å². The van der Waals surface area contributed by atoms with E-state index in [1.165, 1.54) is 56.5 Å². The van der Waals surface area contributed by atoms with Crippen molar-refractivity contribution < 1.29 is 0 Å². The quantitative estimate of drug-likeness (QED) is 0.651. The van der Waals surface area contributed by atoms with Gasteiger partial charge in [-0.15, -0.1) is 0 Å². The van der Waals surface area contributed by atoms with Gasteiger partial charge in [0.1, 0.15) is 0 Å². The first-order valence-corrected chi connectivity index (χ1v) is 7.36. The SMILES string of the molecule is C1CCCC(C2CSCC[N]2)CCC1. The van der Waals surface area contributed by atoms with Gasteiger partial charge in [0.2, 0.25) is 0 Å². The molecule has 1 aliphatic heterocycles. The van der Waals surface area contributed by atoms with Crippen LogP contribution in [0.1, 0.15) is 44.9 Å². The summed E-state index contributed by atoms with van der Waals surface area (Å²) in [5.74, 6) is 3.51. The molecule has 0 amide bonds. The number of nitrogens with zero attached hydrogens (tertiary/aromatic N) is 1. The van der Waals surface area contributed by atoms with Crippen LogP contribution in [-0.4, -0.2) is 24.1 Å². The molecular formula is C12H22NS. The third-order valence-electron chi connectivity index (χ3n) is 3.58. The lowest BCUT2D eigenvalue weighted by molar-refractivity contribution is 0.299. The fraction of sp³-hybridized carbons (Fsp3) is 1.00. The maximum atomic E-state index is 4.80. The Morgan fingerprint density at radius 1 is 0.929 bits per heavy atom. The topological polar surface area (TPSA) is 14.1 Å². The third-order valence-corrected chi connectivity index (χ3v) is 4.63.